The molecular formula is C16H32N2. The molecular weight excluding hydrogens is 220 g/mol. The molecule has 2 fully saturated rings. The van der Waals surface area contributed by atoms with Crippen LogP contribution in [0.5, 0.6) is 0 Å². The molecule has 1 saturated heterocycles. The van der Waals surface area contributed by atoms with Crippen LogP contribution < -0.4 is 5.73 Å². The van der Waals surface area contributed by atoms with Gasteiger partial charge >= 0.3 is 0 Å². The minimum absolute atomic E-state index is 0.440. The van der Waals surface area contributed by atoms with E-state index < -0.39 is 0 Å². The molecule has 4 atom stereocenters. The minimum atomic E-state index is 0.440. The maximum absolute atomic E-state index is 6.14. The molecule has 18 heavy (non-hydrogen) atoms. The van der Waals surface area contributed by atoms with Gasteiger partial charge in [0.2, 0.25) is 0 Å². The van der Waals surface area contributed by atoms with Crippen LogP contribution in [0.2, 0.25) is 0 Å². The lowest BCUT2D eigenvalue weighted by atomic mass is 9.88. The van der Waals surface area contributed by atoms with Crippen molar-refractivity contribution in [3.8, 4) is 0 Å². The van der Waals surface area contributed by atoms with Crippen molar-refractivity contribution >= 4 is 0 Å². The Labute approximate surface area is 113 Å². The van der Waals surface area contributed by atoms with Crippen molar-refractivity contribution in [2.45, 2.75) is 71.4 Å². The summed E-state index contributed by atoms with van der Waals surface area (Å²) in [5.74, 6) is 2.53. The molecule has 106 valence electrons. The van der Waals surface area contributed by atoms with Crippen LogP contribution in [0.25, 0.3) is 0 Å². The molecule has 1 saturated carbocycles. The molecule has 1 aliphatic heterocycles. The molecule has 0 amide bonds. The maximum Gasteiger partial charge on any atom is 0.00954 e. The van der Waals surface area contributed by atoms with E-state index in [2.05, 4.69) is 25.7 Å². The van der Waals surface area contributed by atoms with Gasteiger partial charge in [-0.1, -0.05) is 33.6 Å². The maximum atomic E-state index is 6.14. The van der Waals surface area contributed by atoms with Gasteiger partial charge in [0.25, 0.3) is 0 Å². The molecule has 2 heteroatoms. The lowest BCUT2D eigenvalue weighted by molar-refractivity contribution is 0.105. The van der Waals surface area contributed by atoms with E-state index in [0.717, 1.165) is 17.9 Å². The molecule has 0 radical (unpaired) electrons. The van der Waals surface area contributed by atoms with E-state index in [-0.39, 0.29) is 0 Å². The van der Waals surface area contributed by atoms with Crippen LogP contribution in [-0.4, -0.2) is 30.1 Å². The summed E-state index contributed by atoms with van der Waals surface area (Å²) in [6.07, 6.45) is 8.38. The van der Waals surface area contributed by atoms with Crippen LogP contribution in [0, 0.1) is 17.8 Å². The van der Waals surface area contributed by atoms with Gasteiger partial charge in [-0.05, 0) is 50.0 Å². The first-order chi connectivity index (χ1) is 8.58. The number of nitrogens with two attached hydrogens (primary N) is 1. The van der Waals surface area contributed by atoms with Gasteiger partial charge in [0.15, 0.2) is 0 Å². The van der Waals surface area contributed by atoms with Gasteiger partial charge in [0, 0.05) is 18.6 Å². The molecule has 0 aromatic heterocycles. The second kappa shape index (κ2) is 6.38. The minimum Gasteiger partial charge on any atom is -0.327 e. The first-order valence-electron chi connectivity index (χ1n) is 8.07. The number of piperidine rings is 1. The van der Waals surface area contributed by atoms with Crippen molar-refractivity contribution in [1.82, 2.24) is 4.90 Å². The molecule has 2 nitrogen and oxygen atoms in total. The first-order valence-corrected chi connectivity index (χ1v) is 8.07. The zero-order valence-electron chi connectivity index (χ0n) is 12.6. The van der Waals surface area contributed by atoms with Crippen LogP contribution >= 0.6 is 0 Å². The summed E-state index contributed by atoms with van der Waals surface area (Å²) in [6.45, 7) is 9.59. The van der Waals surface area contributed by atoms with Crippen molar-refractivity contribution in [1.29, 1.82) is 0 Å². The van der Waals surface area contributed by atoms with Crippen molar-refractivity contribution in [2.24, 2.45) is 23.5 Å². The molecule has 1 heterocycles. The Morgan fingerprint density at radius 2 is 1.83 bits per heavy atom. The van der Waals surface area contributed by atoms with Crippen LogP contribution in [-0.2, 0) is 0 Å². The Kier molecular flexibility index (Phi) is 5.08. The van der Waals surface area contributed by atoms with Gasteiger partial charge < -0.3 is 10.6 Å². The summed E-state index contributed by atoms with van der Waals surface area (Å²) in [5, 5.41) is 0. The van der Waals surface area contributed by atoms with E-state index in [9.17, 15) is 0 Å². The van der Waals surface area contributed by atoms with Gasteiger partial charge in [-0.15, -0.1) is 0 Å². The lowest BCUT2D eigenvalue weighted by Crippen LogP contribution is -2.49. The molecule has 0 aromatic carbocycles. The third-order valence-electron chi connectivity index (χ3n) is 5.45. The summed E-state index contributed by atoms with van der Waals surface area (Å²) < 4.78 is 0. The van der Waals surface area contributed by atoms with Gasteiger partial charge in [-0.2, -0.15) is 0 Å². The highest BCUT2D eigenvalue weighted by Gasteiger charge is 2.30. The van der Waals surface area contributed by atoms with E-state index in [1.54, 1.807) is 0 Å². The molecule has 1 aliphatic carbocycles. The average molecular weight is 252 g/mol. The van der Waals surface area contributed by atoms with Crippen LogP contribution in [0.4, 0.5) is 0 Å². The molecule has 0 spiro atoms. The summed E-state index contributed by atoms with van der Waals surface area (Å²) in [6, 6.07) is 1.29. The van der Waals surface area contributed by atoms with E-state index in [1.807, 2.05) is 0 Å². The number of hydrogen-bond acceptors (Lipinski definition) is 2. The largest absolute Gasteiger partial charge is 0.327 e. The topological polar surface area (TPSA) is 29.3 Å². The average Bonchev–Trinajstić information content (AvgIpc) is 2.58. The van der Waals surface area contributed by atoms with Crippen LogP contribution in [0.1, 0.15) is 59.3 Å². The Hall–Kier alpha value is -0.0800. The van der Waals surface area contributed by atoms with E-state index >= 15 is 0 Å². The lowest BCUT2D eigenvalue weighted by Gasteiger charge is -2.40. The van der Waals surface area contributed by atoms with Gasteiger partial charge in [-0.3, -0.25) is 0 Å². The van der Waals surface area contributed by atoms with Crippen LogP contribution in [0.3, 0.4) is 0 Å². The monoisotopic (exact) mass is 252 g/mol. The highest BCUT2D eigenvalue weighted by molar-refractivity contribution is 4.86. The fourth-order valence-corrected chi connectivity index (χ4v) is 3.87. The first kappa shape index (κ1) is 14.3. The van der Waals surface area contributed by atoms with Crippen molar-refractivity contribution < 1.29 is 0 Å². The third kappa shape index (κ3) is 3.48. The highest BCUT2D eigenvalue weighted by atomic mass is 15.2. The zero-order chi connectivity index (χ0) is 13.1. The highest BCUT2D eigenvalue weighted by Crippen LogP contribution is 2.32. The normalized spacial score (nSPS) is 39.8. The Morgan fingerprint density at radius 1 is 1.06 bits per heavy atom. The number of nitrogens with zero attached hydrogens (tertiary/aromatic N) is 1. The molecule has 4 unspecified atom stereocenters. The van der Waals surface area contributed by atoms with E-state index in [4.69, 9.17) is 5.73 Å². The Balaban J connectivity index is 1.86. The zero-order valence-corrected chi connectivity index (χ0v) is 12.6. The molecule has 0 bridgehead atoms. The Morgan fingerprint density at radius 3 is 2.50 bits per heavy atom. The van der Waals surface area contributed by atoms with Gasteiger partial charge in [0.05, 0.1) is 0 Å². The smallest absolute Gasteiger partial charge is 0.00954 e. The SMILES string of the molecule is CC(C)C1CCCC(N2CCC(N)C(C)C2)CC1. The number of likely N-dealkylation sites (tertiary alicyclic amines) is 1. The Bertz CT molecular complexity index is 251. The second-order valence-corrected chi connectivity index (χ2v) is 7.09. The molecule has 2 rings (SSSR count). The second-order valence-electron chi connectivity index (χ2n) is 7.09. The molecule has 2 N–H and O–H groups in total. The standard InChI is InChI=1S/C16H32N2/c1-12(2)14-5-4-6-15(8-7-14)18-10-9-16(17)13(3)11-18/h12-16H,4-11,17H2,1-3H3. The molecule has 0 aromatic rings. The van der Waals surface area contributed by atoms with Crippen molar-refractivity contribution in [3.63, 3.8) is 0 Å². The van der Waals surface area contributed by atoms with E-state index in [0.29, 0.717) is 12.0 Å². The predicted octanol–water partition coefficient (Wildman–Crippen LogP) is 3.26. The van der Waals surface area contributed by atoms with Crippen LogP contribution in [0.15, 0.2) is 0 Å². The summed E-state index contributed by atoms with van der Waals surface area (Å²) in [7, 11) is 0. The third-order valence-corrected chi connectivity index (χ3v) is 5.45. The fraction of sp³-hybridized carbons (Fsp3) is 1.00. The van der Waals surface area contributed by atoms with Crippen molar-refractivity contribution in [2.75, 3.05) is 13.1 Å². The van der Waals surface area contributed by atoms with Crippen molar-refractivity contribution in [3.05, 3.63) is 0 Å². The summed E-state index contributed by atoms with van der Waals surface area (Å²) in [5.41, 5.74) is 6.14. The molecule has 2 aliphatic rings. The number of hydrogen-bond donors (Lipinski definition) is 1. The fourth-order valence-electron chi connectivity index (χ4n) is 3.87. The quantitative estimate of drug-likeness (QED) is 0.764. The summed E-state index contributed by atoms with van der Waals surface area (Å²) >= 11 is 0. The number of rotatable bonds is 2. The predicted molar refractivity (Wildman–Crippen MR) is 78.5 cm³/mol. The van der Waals surface area contributed by atoms with E-state index in [1.165, 1.54) is 51.6 Å². The van der Waals surface area contributed by atoms with Gasteiger partial charge in [0.1, 0.15) is 0 Å². The summed E-state index contributed by atoms with van der Waals surface area (Å²) in [4.78, 5) is 2.75. The van der Waals surface area contributed by atoms with Gasteiger partial charge in [-0.25, -0.2) is 0 Å².